The van der Waals surface area contributed by atoms with Crippen molar-refractivity contribution in [2.45, 2.75) is 26.7 Å². The number of unbranched alkanes of at least 4 members (excludes halogenated alkanes) is 1. The van der Waals surface area contributed by atoms with Gasteiger partial charge in [0.05, 0.1) is 0 Å². The molecule has 0 bridgehead atoms. The van der Waals surface area contributed by atoms with E-state index in [1.165, 1.54) is 12.0 Å². The van der Waals surface area contributed by atoms with Crippen molar-refractivity contribution in [3.05, 3.63) is 36.5 Å². The third-order valence-electron chi connectivity index (χ3n) is 1.33. The van der Waals surface area contributed by atoms with Crippen LogP contribution in [0, 0.1) is 0 Å². The van der Waals surface area contributed by atoms with Crippen molar-refractivity contribution in [2.24, 2.45) is 0 Å². The third-order valence-corrected chi connectivity index (χ3v) is 1.33. The van der Waals surface area contributed by atoms with Gasteiger partial charge in [0, 0.05) is 0 Å². The van der Waals surface area contributed by atoms with Gasteiger partial charge in [0.25, 0.3) is 0 Å². The second-order valence-electron chi connectivity index (χ2n) is 2.18. The average molecular weight is 136 g/mol. The van der Waals surface area contributed by atoms with E-state index in [2.05, 4.69) is 31.7 Å². The lowest BCUT2D eigenvalue weighted by molar-refractivity contribution is 0.958. The molecule has 56 valence electrons. The Hall–Kier alpha value is -0.780. The average Bonchev–Trinajstić information content (AvgIpc) is 1.99. The van der Waals surface area contributed by atoms with Crippen LogP contribution in [0.4, 0.5) is 0 Å². The molecule has 0 heteroatoms. The minimum atomic E-state index is 1.16. The first kappa shape index (κ1) is 9.22. The Kier molecular flexibility index (Phi) is 5.85. The minimum absolute atomic E-state index is 1.16. The number of rotatable bonds is 4. The maximum absolute atomic E-state index is 3.69. The Morgan fingerprint density at radius 1 is 1.50 bits per heavy atom. The molecule has 0 N–H and O–H groups in total. The van der Waals surface area contributed by atoms with E-state index in [-0.39, 0.29) is 0 Å². The molecule has 0 aromatic rings. The molecule has 10 heavy (non-hydrogen) atoms. The van der Waals surface area contributed by atoms with E-state index in [1.807, 2.05) is 13.0 Å². The lowest BCUT2D eigenvalue weighted by atomic mass is 10.2. The van der Waals surface area contributed by atoms with Gasteiger partial charge in [-0.25, -0.2) is 0 Å². The molecule has 0 unspecified atom stereocenters. The van der Waals surface area contributed by atoms with Crippen molar-refractivity contribution >= 4 is 0 Å². The summed E-state index contributed by atoms with van der Waals surface area (Å²) >= 11 is 0. The highest BCUT2D eigenvalue weighted by atomic mass is 13.8. The van der Waals surface area contributed by atoms with Gasteiger partial charge in [0.2, 0.25) is 0 Å². The molecule has 0 heterocycles. The molecule has 0 saturated heterocycles. The van der Waals surface area contributed by atoms with Crippen molar-refractivity contribution < 1.29 is 0 Å². The van der Waals surface area contributed by atoms with Crippen molar-refractivity contribution in [2.75, 3.05) is 0 Å². The molecule has 0 saturated carbocycles. The van der Waals surface area contributed by atoms with E-state index in [4.69, 9.17) is 0 Å². The predicted molar refractivity (Wildman–Crippen MR) is 48.0 cm³/mol. The van der Waals surface area contributed by atoms with Crippen LogP contribution in [0.3, 0.4) is 0 Å². The van der Waals surface area contributed by atoms with Crippen LogP contribution in [-0.4, -0.2) is 0 Å². The Bertz CT molecular complexity index is 138. The van der Waals surface area contributed by atoms with Crippen LogP contribution >= 0.6 is 0 Å². The van der Waals surface area contributed by atoms with Gasteiger partial charge in [-0.1, -0.05) is 44.2 Å². The molecular weight excluding hydrogens is 120 g/mol. The van der Waals surface area contributed by atoms with Crippen LogP contribution in [0.25, 0.3) is 0 Å². The van der Waals surface area contributed by atoms with E-state index in [1.54, 1.807) is 0 Å². The summed E-state index contributed by atoms with van der Waals surface area (Å²) < 4.78 is 0. The van der Waals surface area contributed by atoms with Gasteiger partial charge < -0.3 is 0 Å². The summed E-state index contributed by atoms with van der Waals surface area (Å²) in [5.41, 5.74) is 1.20. The smallest absolute Gasteiger partial charge is 0.0308 e. The molecule has 0 aromatic heterocycles. The zero-order valence-electron chi connectivity index (χ0n) is 6.93. The second kappa shape index (κ2) is 6.34. The molecular formula is C10H16. The number of hydrogen-bond donors (Lipinski definition) is 0. The fourth-order valence-corrected chi connectivity index (χ4v) is 0.668. The molecule has 0 aliphatic heterocycles. The maximum Gasteiger partial charge on any atom is -0.0308 e. The summed E-state index contributed by atoms with van der Waals surface area (Å²) in [6.45, 7) is 7.89. The Morgan fingerprint density at radius 2 is 2.20 bits per heavy atom. The lowest BCUT2D eigenvalue weighted by Gasteiger charge is -1.88. The van der Waals surface area contributed by atoms with Gasteiger partial charge >= 0.3 is 0 Å². The summed E-state index contributed by atoms with van der Waals surface area (Å²) in [5.74, 6) is 0. The number of allylic oxidation sites excluding steroid dienone is 5. The van der Waals surface area contributed by atoms with Crippen molar-refractivity contribution in [3.8, 4) is 0 Å². The molecule has 0 nitrogen and oxygen atoms in total. The van der Waals surface area contributed by atoms with Crippen LogP contribution in [0.1, 0.15) is 26.7 Å². The molecule has 0 rings (SSSR count). The Labute approximate surface area is 64.0 Å². The monoisotopic (exact) mass is 136 g/mol. The Morgan fingerprint density at radius 3 is 2.60 bits per heavy atom. The minimum Gasteiger partial charge on any atom is -0.0985 e. The highest BCUT2D eigenvalue weighted by molar-refractivity contribution is 5.28. The molecule has 0 aliphatic rings. The third kappa shape index (κ3) is 4.13. The maximum atomic E-state index is 3.69. The van der Waals surface area contributed by atoms with E-state index >= 15 is 0 Å². The van der Waals surface area contributed by atoms with Crippen LogP contribution < -0.4 is 0 Å². The van der Waals surface area contributed by atoms with Crippen LogP contribution in [0.15, 0.2) is 36.5 Å². The van der Waals surface area contributed by atoms with Crippen LogP contribution in [0.5, 0.6) is 0 Å². The first-order valence-electron chi connectivity index (χ1n) is 3.80. The molecule has 0 amide bonds. The molecule has 0 radical (unpaired) electrons. The molecule has 0 atom stereocenters. The molecule has 0 fully saturated rings. The highest BCUT2D eigenvalue weighted by Crippen LogP contribution is 1.99. The zero-order chi connectivity index (χ0) is 7.82. The Balaban J connectivity index is 3.74. The van der Waals surface area contributed by atoms with Crippen molar-refractivity contribution in [1.82, 2.24) is 0 Å². The van der Waals surface area contributed by atoms with E-state index in [0.29, 0.717) is 0 Å². The largest absolute Gasteiger partial charge is 0.0985 e. The van der Waals surface area contributed by atoms with Gasteiger partial charge in [-0.3, -0.25) is 0 Å². The summed E-state index contributed by atoms with van der Waals surface area (Å²) in [6, 6.07) is 0. The van der Waals surface area contributed by atoms with E-state index in [0.717, 1.165) is 6.42 Å². The summed E-state index contributed by atoms with van der Waals surface area (Å²) in [6.07, 6.45) is 10.6. The lowest BCUT2D eigenvalue weighted by Crippen LogP contribution is -1.67. The standard InChI is InChI=1S/C10H16/c1-4-7-8-9-10(5-2)6-3/h5-6,8-9H,2,4,7H2,1,3H3/b9-8+,10-6+. The van der Waals surface area contributed by atoms with Gasteiger partial charge in [0.1, 0.15) is 0 Å². The molecule has 0 aromatic carbocycles. The van der Waals surface area contributed by atoms with Crippen LogP contribution in [-0.2, 0) is 0 Å². The highest BCUT2D eigenvalue weighted by Gasteiger charge is 1.78. The van der Waals surface area contributed by atoms with Gasteiger partial charge in [-0.05, 0) is 18.9 Å². The summed E-state index contributed by atoms with van der Waals surface area (Å²) in [5, 5.41) is 0. The summed E-state index contributed by atoms with van der Waals surface area (Å²) in [7, 11) is 0. The second-order valence-corrected chi connectivity index (χ2v) is 2.18. The van der Waals surface area contributed by atoms with Gasteiger partial charge in [-0.2, -0.15) is 0 Å². The van der Waals surface area contributed by atoms with Gasteiger partial charge in [0.15, 0.2) is 0 Å². The van der Waals surface area contributed by atoms with Gasteiger partial charge in [-0.15, -0.1) is 0 Å². The topological polar surface area (TPSA) is 0 Å². The zero-order valence-corrected chi connectivity index (χ0v) is 6.93. The first-order valence-corrected chi connectivity index (χ1v) is 3.80. The fraction of sp³-hybridized carbons (Fsp3) is 0.400. The number of hydrogen-bond acceptors (Lipinski definition) is 0. The molecule has 0 spiro atoms. The van der Waals surface area contributed by atoms with Crippen LogP contribution in [0.2, 0.25) is 0 Å². The van der Waals surface area contributed by atoms with Crippen molar-refractivity contribution in [1.29, 1.82) is 0 Å². The normalized spacial score (nSPS) is 12.4. The first-order chi connectivity index (χ1) is 4.85. The SMILES string of the molecule is C=CC(/C=C/CCC)=C\C. The van der Waals surface area contributed by atoms with Crippen molar-refractivity contribution in [3.63, 3.8) is 0 Å². The fourth-order valence-electron chi connectivity index (χ4n) is 0.668. The van der Waals surface area contributed by atoms with E-state index < -0.39 is 0 Å². The van der Waals surface area contributed by atoms with E-state index in [9.17, 15) is 0 Å². The quantitative estimate of drug-likeness (QED) is 0.519. The predicted octanol–water partition coefficient (Wildman–Crippen LogP) is 3.48. The summed E-state index contributed by atoms with van der Waals surface area (Å²) in [4.78, 5) is 0. The molecule has 0 aliphatic carbocycles.